The summed E-state index contributed by atoms with van der Waals surface area (Å²) in [5.74, 6) is -1.38. The molecule has 2 aliphatic rings. The van der Waals surface area contributed by atoms with Crippen LogP contribution in [0.25, 0.3) is 6.08 Å². The van der Waals surface area contributed by atoms with Gasteiger partial charge in [-0.25, -0.2) is 4.39 Å². The lowest BCUT2D eigenvalue weighted by Crippen LogP contribution is -2.44. The molecule has 0 bridgehead atoms. The molecule has 1 fully saturated rings. The fourth-order valence-corrected chi connectivity index (χ4v) is 5.05. The molecule has 3 atom stereocenters. The van der Waals surface area contributed by atoms with Gasteiger partial charge in [-0.2, -0.15) is 10.5 Å². The van der Waals surface area contributed by atoms with E-state index in [1.807, 2.05) is 71.6 Å². The quantitative estimate of drug-likeness (QED) is 0.553. The molecule has 154 valence electrons. The molecule has 32 heavy (non-hydrogen) atoms. The molecule has 4 nitrogen and oxygen atoms in total. The molecular formula is C27H18FN3O. The first kappa shape index (κ1) is 19.7. The molecule has 2 heterocycles. The van der Waals surface area contributed by atoms with Crippen LogP contribution in [-0.4, -0.2) is 17.9 Å². The van der Waals surface area contributed by atoms with Crippen LogP contribution in [0, 0.1) is 33.9 Å². The largest absolute Gasteiger partial charge is 0.351 e. The molecule has 3 aromatic rings. The zero-order valence-electron chi connectivity index (χ0n) is 17.0. The highest BCUT2D eigenvalue weighted by Crippen LogP contribution is 2.55. The van der Waals surface area contributed by atoms with Gasteiger partial charge in [-0.05, 0) is 41.5 Å². The standard InChI is InChI=1S/C27H18FN3O/c28-21-13-10-20(11-14-21)26(32)25-24(19-7-2-1-3-8-19)27(16-29,17-30)23-15-12-18-6-4-5-9-22(18)31(23)25/h1-15,23-25H/t23-,24+,25-/m0/s1. The predicted octanol–water partition coefficient (Wildman–Crippen LogP) is 5.11. The second-order valence-electron chi connectivity index (χ2n) is 8.07. The number of halogens is 1. The number of Topliss-reactive ketones (excluding diaryl/α,β-unsaturated/α-hetero) is 1. The maximum Gasteiger partial charge on any atom is 0.185 e. The van der Waals surface area contributed by atoms with E-state index in [-0.39, 0.29) is 5.78 Å². The van der Waals surface area contributed by atoms with Gasteiger partial charge in [-0.3, -0.25) is 4.79 Å². The third-order valence-electron chi connectivity index (χ3n) is 6.47. The van der Waals surface area contributed by atoms with Crippen molar-refractivity contribution in [1.29, 1.82) is 10.5 Å². The Morgan fingerprint density at radius 1 is 0.906 bits per heavy atom. The minimum atomic E-state index is -1.48. The Hall–Kier alpha value is -4.22. The van der Waals surface area contributed by atoms with Crippen molar-refractivity contribution in [2.45, 2.75) is 18.0 Å². The van der Waals surface area contributed by atoms with Crippen molar-refractivity contribution in [3.63, 3.8) is 0 Å². The number of carbonyl (C=O) groups excluding carboxylic acids is 1. The van der Waals surface area contributed by atoms with Crippen LogP contribution < -0.4 is 4.90 Å². The fourth-order valence-electron chi connectivity index (χ4n) is 5.05. The van der Waals surface area contributed by atoms with Gasteiger partial charge in [0.1, 0.15) is 11.9 Å². The minimum absolute atomic E-state index is 0.249. The first-order valence-electron chi connectivity index (χ1n) is 10.3. The van der Waals surface area contributed by atoms with Gasteiger partial charge in [0, 0.05) is 17.2 Å². The van der Waals surface area contributed by atoms with Gasteiger partial charge < -0.3 is 4.90 Å². The molecule has 0 spiro atoms. The molecule has 1 saturated heterocycles. The topological polar surface area (TPSA) is 67.9 Å². The summed E-state index contributed by atoms with van der Waals surface area (Å²) in [5, 5.41) is 20.7. The summed E-state index contributed by atoms with van der Waals surface area (Å²) in [6.45, 7) is 0. The van der Waals surface area contributed by atoms with E-state index in [0.717, 1.165) is 16.8 Å². The lowest BCUT2D eigenvalue weighted by Gasteiger charge is -2.35. The molecule has 0 aromatic heterocycles. The van der Waals surface area contributed by atoms with Crippen LogP contribution in [0.3, 0.4) is 0 Å². The van der Waals surface area contributed by atoms with E-state index in [0.29, 0.717) is 5.56 Å². The summed E-state index contributed by atoms with van der Waals surface area (Å²) >= 11 is 0. The molecule has 0 amide bonds. The highest BCUT2D eigenvalue weighted by molar-refractivity contribution is 6.04. The Morgan fingerprint density at radius 3 is 2.25 bits per heavy atom. The molecule has 0 unspecified atom stereocenters. The molecule has 0 saturated carbocycles. The van der Waals surface area contributed by atoms with Crippen molar-refractivity contribution in [3.8, 4) is 12.1 Å². The van der Waals surface area contributed by atoms with Gasteiger partial charge >= 0.3 is 0 Å². The van der Waals surface area contributed by atoms with Crippen LogP contribution in [0.2, 0.25) is 0 Å². The molecular weight excluding hydrogens is 401 g/mol. The first-order chi connectivity index (χ1) is 15.6. The number of hydrogen-bond donors (Lipinski definition) is 0. The van der Waals surface area contributed by atoms with Crippen molar-refractivity contribution >= 4 is 17.5 Å². The van der Waals surface area contributed by atoms with Crippen LogP contribution in [0.4, 0.5) is 10.1 Å². The van der Waals surface area contributed by atoms with Crippen molar-refractivity contribution < 1.29 is 9.18 Å². The summed E-state index contributed by atoms with van der Waals surface area (Å²) in [4.78, 5) is 15.8. The lowest BCUT2D eigenvalue weighted by atomic mass is 9.69. The van der Waals surface area contributed by atoms with Gasteiger partial charge in [-0.15, -0.1) is 0 Å². The highest BCUT2D eigenvalue weighted by Gasteiger charge is 2.63. The van der Waals surface area contributed by atoms with E-state index in [2.05, 4.69) is 12.1 Å². The average Bonchev–Trinajstić information content (AvgIpc) is 3.15. The van der Waals surface area contributed by atoms with E-state index in [1.54, 1.807) is 0 Å². The van der Waals surface area contributed by atoms with Crippen molar-refractivity contribution in [2.75, 3.05) is 4.90 Å². The molecule has 3 aromatic carbocycles. The summed E-state index contributed by atoms with van der Waals surface area (Å²) in [7, 11) is 0. The third-order valence-corrected chi connectivity index (χ3v) is 6.47. The second-order valence-corrected chi connectivity index (χ2v) is 8.07. The van der Waals surface area contributed by atoms with Gasteiger partial charge in [-0.1, -0.05) is 60.7 Å². The van der Waals surface area contributed by atoms with Gasteiger partial charge in [0.2, 0.25) is 0 Å². The van der Waals surface area contributed by atoms with Crippen LogP contribution in [-0.2, 0) is 0 Å². The third kappa shape index (κ3) is 2.76. The zero-order valence-corrected chi connectivity index (χ0v) is 17.0. The summed E-state index contributed by atoms with van der Waals surface area (Å²) in [5.41, 5.74) is 1.32. The number of benzene rings is 3. The number of para-hydroxylation sites is 1. The van der Waals surface area contributed by atoms with Gasteiger partial charge in [0.15, 0.2) is 11.2 Å². The first-order valence-corrected chi connectivity index (χ1v) is 10.3. The molecule has 2 aliphatic heterocycles. The van der Waals surface area contributed by atoms with E-state index >= 15 is 0 Å². The molecule has 5 heteroatoms. The molecule has 5 rings (SSSR count). The highest BCUT2D eigenvalue weighted by atomic mass is 19.1. The number of nitriles is 2. The Balaban J connectivity index is 1.78. The van der Waals surface area contributed by atoms with E-state index < -0.39 is 29.2 Å². The Bertz CT molecular complexity index is 1290. The summed E-state index contributed by atoms with van der Waals surface area (Å²) < 4.78 is 13.5. The van der Waals surface area contributed by atoms with Crippen LogP contribution in [0.15, 0.2) is 84.9 Å². The van der Waals surface area contributed by atoms with Crippen molar-refractivity contribution in [2.24, 2.45) is 5.41 Å². The van der Waals surface area contributed by atoms with E-state index in [4.69, 9.17) is 0 Å². The molecule has 0 radical (unpaired) electrons. The Kier molecular flexibility index (Phi) is 4.61. The number of rotatable bonds is 3. The fraction of sp³-hybridized carbons (Fsp3) is 0.148. The summed E-state index contributed by atoms with van der Waals surface area (Å²) in [6, 6.07) is 25.5. The average molecular weight is 419 g/mol. The van der Waals surface area contributed by atoms with Crippen LogP contribution in [0.5, 0.6) is 0 Å². The number of carbonyl (C=O) groups is 1. The SMILES string of the molecule is N#CC1(C#N)[C@H](c2ccccc2)[C@@H](C(=O)c2ccc(F)cc2)N2c3ccccc3C=C[C@H]21. The number of nitrogens with zero attached hydrogens (tertiary/aromatic N) is 3. The van der Waals surface area contributed by atoms with Crippen LogP contribution >= 0.6 is 0 Å². The van der Waals surface area contributed by atoms with E-state index in [9.17, 15) is 19.7 Å². The number of hydrogen-bond acceptors (Lipinski definition) is 4. The van der Waals surface area contributed by atoms with Crippen molar-refractivity contribution in [1.82, 2.24) is 0 Å². The van der Waals surface area contributed by atoms with Crippen molar-refractivity contribution in [3.05, 3.63) is 107 Å². The second kappa shape index (κ2) is 7.48. The smallest absolute Gasteiger partial charge is 0.185 e. The lowest BCUT2D eigenvalue weighted by molar-refractivity contribution is 0.0951. The number of anilines is 1. The number of fused-ring (bicyclic) bond motifs is 3. The molecule has 0 N–H and O–H groups in total. The molecule has 0 aliphatic carbocycles. The Labute approximate surface area is 185 Å². The monoisotopic (exact) mass is 419 g/mol. The minimum Gasteiger partial charge on any atom is -0.351 e. The maximum atomic E-state index is 13.9. The maximum absolute atomic E-state index is 13.9. The summed E-state index contributed by atoms with van der Waals surface area (Å²) in [6.07, 6.45) is 3.76. The van der Waals surface area contributed by atoms with E-state index in [1.165, 1.54) is 24.3 Å². The van der Waals surface area contributed by atoms with Gasteiger partial charge in [0.25, 0.3) is 0 Å². The Morgan fingerprint density at radius 2 is 1.56 bits per heavy atom. The zero-order chi connectivity index (χ0) is 22.3. The van der Waals surface area contributed by atoms with Gasteiger partial charge in [0.05, 0.1) is 18.2 Å². The number of ketones is 1. The van der Waals surface area contributed by atoms with Crippen LogP contribution in [0.1, 0.15) is 27.4 Å². The predicted molar refractivity (Wildman–Crippen MR) is 119 cm³/mol. The normalized spacial score (nSPS) is 22.3.